The fraction of sp³-hybridized carbons (Fsp3) is 1.00. The number of rotatable bonds is 0. The maximum absolute atomic E-state index is 3.48. The molecule has 0 bridgehead atoms. The van der Waals surface area contributed by atoms with Crippen molar-refractivity contribution in [1.82, 2.24) is 5.32 Å². The summed E-state index contributed by atoms with van der Waals surface area (Å²) in [6.07, 6.45) is 4.14. The van der Waals surface area contributed by atoms with Crippen molar-refractivity contribution < 1.29 is 0 Å². The molecule has 0 aromatic rings. The van der Waals surface area contributed by atoms with Crippen LogP contribution in [0.2, 0.25) is 0 Å². The molecule has 0 unspecified atom stereocenters. The lowest BCUT2D eigenvalue weighted by Crippen LogP contribution is -2.38. The van der Waals surface area contributed by atoms with Gasteiger partial charge in [0.15, 0.2) is 0 Å². The highest BCUT2D eigenvalue weighted by atomic mass is 14.9. The first-order valence-corrected chi connectivity index (χ1v) is 5.55. The van der Waals surface area contributed by atoms with Crippen LogP contribution in [0.4, 0.5) is 0 Å². The molecular formula is C11H27N. The zero-order valence-electron chi connectivity index (χ0n) is 9.78. The molecule has 1 aliphatic rings. The van der Waals surface area contributed by atoms with E-state index in [0.717, 1.165) is 12.1 Å². The van der Waals surface area contributed by atoms with Crippen LogP contribution in [0.5, 0.6) is 0 Å². The molecule has 1 rings (SSSR count). The summed E-state index contributed by atoms with van der Waals surface area (Å²) < 4.78 is 0. The molecule has 76 valence electrons. The van der Waals surface area contributed by atoms with Crippen LogP contribution in [0.15, 0.2) is 0 Å². The lowest BCUT2D eigenvalue weighted by Gasteiger charge is -2.25. The summed E-state index contributed by atoms with van der Waals surface area (Å²) >= 11 is 0. The van der Waals surface area contributed by atoms with Crippen LogP contribution in [-0.4, -0.2) is 12.1 Å². The molecule has 1 saturated heterocycles. The summed E-state index contributed by atoms with van der Waals surface area (Å²) in [6.45, 7) is 12.5. The van der Waals surface area contributed by atoms with Gasteiger partial charge in [0.1, 0.15) is 0 Å². The van der Waals surface area contributed by atoms with Crippen molar-refractivity contribution in [2.75, 3.05) is 0 Å². The van der Waals surface area contributed by atoms with E-state index >= 15 is 0 Å². The minimum absolute atomic E-state index is 0.763. The minimum Gasteiger partial charge on any atom is -0.312 e. The van der Waals surface area contributed by atoms with Crippen LogP contribution in [-0.2, 0) is 0 Å². The topological polar surface area (TPSA) is 12.0 Å². The second-order valence-electron chi connectivity index (χ2n) is 2.90. The summed E-state index contributed by atoms with van der Waals surface area (Å²) in [7, 11) is 0. The molecule has 0 amide bonds. The first-order valence-electron chi connectivity index (χ1n) is 5.55. The molecule has 0 saturated carbocycles. The summed E-state index contributed by atoms with van der Waals surface area (Å²) in [5.41, 5.74) is 0. The molecule has 2 atom stereocenters. The molecule has 1 nitrogen and oxygen atoms in total. The third-order valence-electron chi connectivity index (χ3n) is 1.84. The summed E-state index contributed by atoms with van der Waals surface area (Å²) in [5, 5.41) is 3.48. The Morgan fingerprint density at radius 2 is 1.17 bits per heavy atom. The first-order chi connectivity index (χ1) is 5.79. The van der Waals surface area contributed by atoms with Gasteiger partial charge >= 0.3 is 0 Å². The average molecular weight is 173 g/mol. The van der Waals surface area contributed by atoms with Gasteiger partial charge in [0.2, 0.25) is 0 Å². The van der Waals surface area contributed by atoms with E-state index in [0.29, 0.717) is 0 Å². The Labute approximate surface area is 78.9 Å². The molecule has 0 radical (unpaired) electrons. The van der Waals surface area contributed by atoms with Crippen molar-refractivity contribution in [3.8, 4) is 0 Å². The Balaban J connectivity index is 0. The van der Waals surface area contributed by atoms with Gasteiger partial charge < -0.3 is 5.32 Å². The van der Waals surface area contributed by atoms with Gasteiger partial charge in [-0.1, -0.05) is 34.1 Å². The van der Waals surface area contributed by atoms with Gasteiger partial charge in [0.05, 0.1) is 0 Å². The molecule has 1 heteroatoms. The highest BCUT2D eigenvalue weighted by molar-refractivity contribution is 4.73. The predicted octanol–water partition coefficient (Wildman–Crippen LogP) is 3.59. The largest absolute Gasteiger partial charge is 0.312 e. The van der Waals surface area contributed by atoms with E-state index in [9.17, 15) is 0 Å². The lowest BCUT2D eigenvalue weighted by atomic mass is 10.0. The maximum atomic E-state index is 3.48. The zero-order chi connectivity index (χ0) is 9.98. The number of piperidine rings is 1. The normalized spacial score (nSPS) is 27.5. The van der Waals surface area contributed by atoms with Crippen molar-refractivity contribution in [2.45, 2.75) is 72.9 Å². The molecule has 1 N–H and O–H groups in total. The van der Waals surface area contributed by atoms with Crippen molar-refractivity contribution in [1.29, 1.82) is 0 Å². The molecule has 1 heterocycles. The van der Waals surface area contributed by atoms with E-state index in [4.69, 9.17) is 0 Å². The molecular weight excluding hydrogens is 146 g/mol. The maximum Gasteiger partial charge on any atom is 0.00412 e. The highest BCUT2D eigenvalue weighted by Crippen LogP contribution is 2.10. The summed E-state index contributed by atoms with van der Waals surface area (Å²) in [5.74, 6) is 0. The standard InChI is InChI=1S/C7H15N.2C2H6/c1-6-4-3-5-7(2)8-6;2*1-2/h6-8H,3-5H2,1-2H3;2*1-2H3/t6-,7+;;. The van der Waals surface area contributed by atoms with Gasteiger partial charge in [-0.05, 0) is 26.7 Å². The Morgan fingerprint density at radius 1 is 0.833 bits per heavy atom. The van der Waals surface area contributed by atoms with Gasteiger partial charge in [-0.15, -0.1) is 0 Å². The number of hydrogen-bond acceptors (Lipinski definition) is 1. The van der Waals surface area contributed by atoms with E-state index < -0.39 is 0 Å². The monoisotopic (exact) mass is 173 g/mol. The van der Waals surface area contributed by atoms with E-state index in [1.807, 2.05) is 27.7 Å². The van der Waals surface area contributed by atoms with E-state index in [1.165, 1.54) is 19.3 Å². The minimum atomic E-state index is 0.763. The number of hydrogen-bond donors (Lipinski definition) is 1. The van der Waals surface area contributed by atoms with E-state index in [1.54, 1.807) is 0 Å². The zero-order valence-corrected chi connectivity index (χ0v) is 9.78. The van der Waals surface area contributed by atoms with Gasteiger partial charge in [-0.25, -0.2) is 0 Å². The van der Waals surface area contributed by atoms with Gasteiger partial charge in [0, 0.05) is 12.1 Å². The Hall–Kier alpha value is -0.0400. The quantitative estimate of drug-likeness (QED) is 0.590. The van der Waals surface area contributed by atoms with Crippen molar-refractivity contribution in [2.24, 2.45) is 0 Å². The first kappa shape index (κ1) is 14.5. The summed E-state index contributed by atoms with van der Waals surface area (Å²) in [4.78, 5) is 0. The molecule has 1 fully saturated rings. The third kappa shape index (κ3) is 8.06. The second-order valence-corrected chi connectivity index (χ2v) is 2.90. The third-order valence-corrected chi connectivity index (χ3v) is 1.84. The fourth-order valence-corrected chi connectivity index (χ4v) is 1.38. The van der Waals surface area contributed by atoms with Gasteiger partial charge in [0.25, 0.3) is 0 Å². The van der Waals surface area contributed by atoms with Crippen molar-refractivity contribution in [3.63, 3.8) is 0 Å². The highest BCUT2D eigenvalue weighted by Gasteiger charge is 2.11. The molecule has 1 aliphatic heterocycles. The van der Waals surface area contributed by atoms with Crippen molar-refractivity contribution in [3.05, 3.63) is 0 Å². The van der Waals surface area contributed by atoms with Crippen LogP contribution >= 0.6 is 0 Å². The Bertz CT molecular complexity index is 63.4. The van der Waals surface area contributed by atoms with Gasteiger partial charge in [-0.3, -0.25) is 0 Å². The van der Waals surface area contributed by atoms with Crippen LogP contribution < -0.4 is 5.32 Å². The van der Waals surface area contributed by atoms with Gasteiger partial charge in [-0.2, -0.15) is 0 Å². The molecule has 0 aliphatic carbocycles. The van der Waals surface area contributed by atoms with E-state index in [2.05, 4.69) is 19.2 Å². The molecule has 0 aromatic carbocycles. The number of nitrogens with one attached hydrogen (secondary N) is 1. The predicted molar refractivity (Wildman–Crippen MR) is 58.6 cm³/mol. The van der Waals surface area contributed by atoms with Crippen LogP contribution in [0, 0.1) is 0 Å². The second kappa shape index (κ2) is 11.0. The van der Waals surface area contributed by atoms with E-state index in [-0.39, 0.29) is 0 Å². The molecule has 0 aromatic heterocycles. The summed E-state index contributed by atoms with van der Waals surface area (Å²) in [6, 6.07) is 1.53. The fourth-order valence-electron chi connectivity index (χ4n) is 1.38. The van der Waals surface area contributed by atoms with Crippen molar-refractivity contribution >= 4 is 0 Å². The Morgan fingerprint density at radius 3 is 1.33 bits per heavy atom. The Kier molecular flexibility index (Phi) is 13.2. The van der Waals surface area contributed by atoms with Crippen LogP contribution in [0.1, 0.15) is 60.8 Å². The SMILES string of the molecule is CC.CC.C[C@@H]1CCC[C@H](C)N1. The van der Waals surface area contributed by atoms with Crippen LogP contribution in [0.25, 0.3) is 0 Å². The molecule has 12 heavy (non-hydrogen) atoms. The smallest absolute Gasteiger partial charge is 0.00412 e. The molecule has 0 spiro atoms. The van der Waals surface area contributed by atoms with Crippen LogP contribution in [0.3, 0.4) is 0 Å². The average Bonchev–Trinajstić information content (AvgIpc) is 2.11. The lowest BCUT2D eigenvalue weighted by molar-refractivity contribution is 0.352.